The lowest BCUT2D eigenvalue weighted by Gasteiger charge is -1.92. The molecule has 5 nitrogen and oxygen atoms in total. The zero-order chi connectivity index (χ0) is 7.78. The molecule has 0 aromatic rings. The molecule has 10 heavy (non-hydrogen) atoms. The lowest BCUT2D eigenvalue weighted by molar-refractivity contribution is -0.609. The first kappa shape index (κ1) is 7.39. The van der Waals surface area contributed by atoms with Crippen molar-refractivity contribution in [3.8, 4) is 0 Å². The molecule has 0 saturated heterocycles. The van der Waals surface area contributed by atoms with Crippen LogP contribution in [0.5, 0.6) is 0 Å². The standard InChI is InChI=1S/C4H6N2O3S/c1-5-2-3-6(4-5)10(7,8)9/h2-4H,1H3/p+2. The largest absolute Gasteiger partial charge is 0.445 e. The Bertz CT molecular complexity index is 290. The van der Waals surface area contributed by atoms with E-state index in [1.807, 2.05) is 0 Å². The Hall–Kier alpha value is -0.720. The Kier molecular flexibility index (Phi) is 1.59. The monoisotopic (exact) mass is 164 g/mol. The minimum atomic E-state index is -4.00. The van der Waals surface area contributed by atoms with Gasteiger partial charge in [-0.05, 0) is 0 Å². The highest BCUT2D eigenvalue weighted by Crippen LogP contribution is 1.73. The van der Waals surface area contributed by atoms with Gasteiger partial charge in [-0.25, -0.2) is 4.55 Å². The number of hydrogen-bond donors (Lipinski definition) is 2. The molecule has 0 bridgehead atoms. The lowest BCUT2D eigenvalue weighted by Crippen LogP contribution is -3.07. The van der Waals surface area contributed by atoms with Gasteiger partial charge in [0.05, 0.1) is 0 Å². The van der Waals surface area contributed by atoms with Crippen LogP contribution >= 0.6 is 0 Å². The molecule has 6 heteroatoms. The van der Waals surface area contributed by atoms with Gasteiger partial charge in [0.1, 0.15) is 7.05 Å². The minimum absolute atomic E-state index is 0.0741. The number of nitrogens with zero attached hydrogens (tertiary/aromatic N) is 1. The van der Waals surface area contributed by atoms with Crippen LogP contribution in [0.2, 0.25) is 0 Å². The first-order valence-electron chi connectivity index (χ1n) is 2.59. The molecular formula is C4H8N2O3S+2. The van der Waals surface area contributed by atoms with Crippen LogP contribution in [0, 0.1) is 0 Å². The van der Waals surface area contributed by atoms with E-state index in [0.29, 0.717) is 0 Å². The summed E-state index contributed by atoms with van der Waals surface area (Å²) in [5.74, 6) is 0. The third-order valence-electron chi connectivity index (χ3n) is 1.10. The van der Waals surface area contributed by atoms with Crippen molar-refractivity contribution < 1.29 is 21.9 Å². The van der Waals surface area contributed by atoms with E-state index in [1.165, 1.54) is 12.5 Å². The molecule has 1 unspecified atom stereocenters. The van der Waals surface area contributed by atoms with Gasteiger partial charge in [-0.1, -0.05) is 4.31 Å². The Morgan fingerprint density at radius 2 is 2.20 bits per heavy atom. The summed E-state index contributed by atoms with van der Waals surface area (Å²) in [5, 5.41) is 0. The highest BCUT2D eigenvalue weighted by molar-refractivity contribution is 7.79. The number of rotatable bonds is 1. The molecule has 0 saturated carbocycles. The second-order valence-electron chi connectivity index (χ2n) is 1.99. The fourth-order valence-corrected chi connectivity index (χ4v) is 1.16. The third kappa shape index (κ3) is 1.41. The van der Waals surface area contributed by atoms with Gasteiger partial charge in [-0.15, -0.1) is 8.42 Å². The second-order valence-corrected chi connectivity index (χ2v) is 3.41. The van der Waals surface area contributed by atoms with Gasteiger partial charge in [0.25, 0.3) is 0 Å². The summed E-state index contributed by atoms with van der Waals surface area (Å²) in [5.41, 5.74) is 0. The maximum absolute atomic E-state index is 10.4. The molecule has 1 atom stereocenters. The summed E-state index contributed by atoms with van der Waals surface area (Å²) in [4.78, 5) is 0. The van der Waals surface area contributed by atoms with Crippen LogP contribution in [0.25, 0.3) is 0 Å². The molecule has 1 aliphatic heterocycles. The maximum Gasteiger partial charge on any atom is 0.445 e. The molecule has 0 spiro atoms. The van der Waals surface area contributed by atoms with Gasteiger partial charge < -0.3 is 0 Å². The van der Waals surface area contributed by atoms with Crippen molar-refractivity contribution in [3.63, 3.8) is 0 Å². The molecule has 0 aromatic heterocycles. The lowest BCUT2D eigenvalue weighted by atomic mass is 10.9. The van der Waals surface area contributed by atoms with Gasteiger partial charge in [0, 0.05) is 0 Å². The van der Waals surface area contributed by atoms with E-state index in [9.17, 15) is 8.42 Å². The molecule has 1 heterocycles. The number of nitrogens with one attached hydrogen (secondary N) is 1. The van der Waals surface area contributed by atoms with Crippen LogP contribution in [0.1, 0.15) is 0 Å². The Morgan fingerprint density at radius 3 is 2.40 bits per heavy atom. The first-order valence-corrected chi connectivity index (χ1v) is 4.03. The highest BCUT2D eigenvalue weighted by Gasteiger charge is 2.26. The van der Waals surface area contributed by atoms with E-state index in [2.05, 4.69) is 0 Å². The molecule has 0 aliphatic carbocycles. The van der Waals surface area contributed by atoms with Crippen LogP contribution in [0.15, 0.2) is 12.4 Å². The van der Waals surface area contributed by atoms with Crippen molar-refractivity contribution in [2.24, 2.45) is 0 Å². The van der Waals surface area contributed by atoms with Crippen LogP contribution in [-0.4, -0.2) is 30.9 Å². The predicted molar refractivity (Wildman–Crippen MR) is 33.9 cm³/mol. The van der Waals surface area contributed by atoms with Gasteiger partial charge in [0.15, 0.2) is 6.20 Å². The number of hydrogen-bond acceptors (Lipinski definition) is 2. The van der Waals surface area contributed by atoms with Gasteiger partial charge in [-0.3, -0.25) is 0 Å². The van der Waals surface area contributed by atoms with E-state index in [1.54, 1.807) is 17.8 Å². The average Bonchev–Trinajstić information content (AvgIpc) is 2.11. The Labute approximate surface area is 58.8 Å². The van der Waals surface area contributed by atoms with Crippen LogP contribution in [-0.2, 0) is 10.3 Å². The Morgan fingerprint density at radius 1 is 1.60 bits per heavy atom. The summed E-state index contributed by atoms with van der Waals surface area (Å²) in [6, 6.07) is 0. The van der Waals surface area contributed by atoms with Crippen molar-refractivity contribution in [3.05, 3.63) is 12.4 Å². The Balaban J connectivity index is 2.93. The summed E-state index contributed by atoms with van der Waals surface area (Å²) in [6.45, 7) is 0. The predicted octanol–water partition coefficient (Wildman–Crippen LogP) is -2.17. The molecule has 0 fully saturated rings. The zero-order valence-corrected chi connectivity index (χ0v) is 6.17. The summed E-state index contributed by atoms with van der Waals surface area (Å²) in [6.07, 6.45) is 4.20. The van der Waals surface area contributed by atoms with E-state index < -0.39 is 10.3 Å². The van der Waals surface area contributed by atoms with Gasteiger partial charge in [-0.2, -0.15) is 4.58 Å². The van der Waals surface area contributed by atoms with Crippen LogP contribution in [0.4, 0.5) is 0 Å². The average molecular weight is 164 g/mol. The van der Waals surface area contributed by atoms with Crippen molar-refractivity contribution in [2.45, 2.75) is 0 Å². The molecule has 1 aliphatic rings. The summed E-state index contributed by atoms with van der Waals surface area (Å²) < 4.78 is 30.7. The maximum atomic E-state index is 10.4. The van der Waals surface area contributed by atoms with E-state index >= 15 is 0 Å². The van der Waals surface area contributed by atoms with Crippen molar-refractivity contribution in [1.29, 1.82) is 0 Å². The molecule has 0 aromatic carbocycles. The molecule has 0 amide bonds. The van der Waals surface area contributed by atoms with E-state index in [0.717, 1.165) is 0 Å². The molecule has 0 radical (unpaired) electrons. The van der Waals surface area contributed by atoms with Crippen molar-refractivity contribution in [2.75, 3.05) is 7.05 Å². The van der Waals surface area contributed by atoms with Crippen LogP contribution in [0.3, 0.4) is 0 Å². The topological polar surface area (TPSA) is 61.8 Å². The van der Waals surface area contributed by atoms with E-state index in [4.69, 9.17) is 4.55 Å². The quantitative estimate of drug-likeness (QED) is 0.342. The fraction of sp³-hybridized carbons (Fsp3) is 0.250. The summed E-state index contributed by atoms with van der Waals surface area (Å²) >= 11 is 0. The molecule has 1 rings (SSSR count). The fourth-order valence-electron chi connectivity index (χ4n) is 0.630. The highest BCUT2D eigenvalue weighted by atomic mass is 32.2. The molecular weight excluding hydrogens is 156 g/mol. The van der Waals surface area contributed by atoms with Gasteiger partial charge in [0.2, 0.25) is 6.20 Å². The molecule has 2 N–H and O–H groups in total. The number of quaternary nitrogens is 1. The minimum Gasteiger partial charge on any atom is -0.241 e. The second kappa shape index (κ2) is 2.15. The molecule has 56 valence electrons. The SMILES string of the molecule is C[N+]1=C[NH+](S(=O)(=O)O)C=C1. The van der Waals surface area contributed by atoms with E-state index in [-0.39, 0.29) is 4.31 Å². The van der Waals surface area contributed by atoms with Crippen molar-refractivity contribution >= 4 is 16.6 Å². The summed E-state index contributed by atoms with van der Waals surface area (Å²) in [7, 11) is -2.33. The zero-order valence-electron chi connectivity index (χ0n) is 5.35. The van der Waals surface area contributed by atoms with Crippen LogP contribution < -0.4 is 4.31 Å². The van der Waals surface area contributed by atoms with Crippen molar-refractivity contribution in [1.82, 2.24) is 0 Å². The smallest absolute Gasteiger partial charge is 0.241 e. The van der Waals surface area contributed by atoms with Gasteiger partial charge >= 0.3 is 16.6 Å². The normalized spacial score (nSPS) is 25.0. The third-order valence-corrected chi connectivity index (χ3v) is 1.94. The first-order chi connectivity index (χ1) is 4.50.